The summed E-state index contributed by atoms with van der Waals surface area (Å²) in [6, 6.07) is 5.81. The summed E-state index contributed by atoms with van der Waals surface area (Å²) in [4.78, 5) is 35.6. The average Bonchev–Trinajstić information content (AvgIpc) is 2.99. The first kappa shape index (κ1) is 17.6. The number of non-ortho nitro benzene ring substituents is 1. The Balaban J connectivity index is 2.55. The van der Waals surface area contributed by atoms with Crippen LogP contribution in [0.25, 0.3) is 22.2 Å². The topological polar surface area (TPSA) is 112 Å². The number of hydrogen-bond donors (Lipinski definition) is 1. The molecule has 0 amide bonds. The van der Waals surface area contributed by atoms with Crippen molar-refractivity contribution in [3.63, 3.8) is 0 Å². The van der Waals surface area contributed by atoms with Crippen LogP contribution in [0, 0.1) is 10.1 Å². The van der Waals surface area contributed by atoms with Gasteiger partial charge in [-0.05, 0) is 13.8 Å². The van der Waals surface area contributed by atoms with Crippen molar-refractivity contribution in [3.8, 4) is 11.3 Å². The van der Waals surface area contributed by atoms with Crippen LogP contribution in [-0.2, 0) is 19.8 Å². The number of rotatable bonds is 3. The Kier molecular flexibility index (Phi) is 3.84. The largest absolute Gasteiger partial charge is 0.371 e. The number of nitro groups is 1. The lowest BCUT2D eigenvalue weighted by Gasteiger charge is -2.23. The zero-order valence-electron chi connectivity index (χ0n) is 14.8. The number of hydrogen-bond acceptors (Lipinski definition) is 5. The van der Waals surface area contributed by atoms with Crippen LogP contribution in [0.2, 0.25) is 0 Å². The van der Waals surface area contributed by atoms with Crippen molar-refractivity contribution in [1.29, 1.82) is 0 Å². The van der Waals surface area contributed by atoms with E-state index in [1.165, 1.54) is 61.5 Å². The first-order chi connectivity index (χ1) is 12.0. The molecule has 2 heterocycles. The molecule has 3 aromatic rings. The van der Waals surface area contributed by atoms with E-state index >= 15 is 0 Å². The molecule has 0 aliphatic heterocycles. The van der Waals surface area contributed by atoms with Crippen LogP contribution >= 0.6 is 0 Å². The summed E-state index contributed by atoms with van der Waals surface area (Å²) in [7, 11) is 2.89. The van der Waals surface area contributed by atoms with Gasteiger partial charge in [0.2, 0.25) is 0 Å². The van der Waals surface area contributed by atoms with Crippen molar-refractivity contribution in [3.05, 3.63) is 61.4 Å². The molecule has 136 valence electrons. The summed E-state index contributed by atoms with van der Waals surface area (Å²) < 4.78 is 3.72. The molecule has 0 saturated heterocycles. The van der Waals surface area contributed by atoms with Gasteiger partial charge < -0.3 is 9.67 Å². The quantitative estimate of drug-likeness (QED) is 0.560. The molecule has 26 heavy (non-hydrogen) atoms. The molecule has 0 unspecified atom stereocenters. The third-order valence-electron chi connectivity index (χ3n) is 4.36. The van der Waals surface area contributed by atoms with Crippen LogP contribution in [0.1, 0.15) is 13.8 Å². The molecular formula is C17H18N4O5. The number of aliphatic hydroxyl groups is 1. The minimum absolute atomic E-state index is 0.138. The zero-order valence-corrected chi connectivity index (χ0v) is 14.8. The van der Waals surface area contributed by atoms with Crippen molar-refractivity contribution in [1.82, 2.24) is 13.7 Å². The van der Waals surface area contributed by atoms with Crippen molar-refractivity contribution >= 4 is 16.6 Å². The lowest BCUT2D eigenvalue weighted by Crippen LogP contribution is -2.36. The van der Waals surface area contributed by atoms with E-state index in [9.17, 15) is 24.8 Å². The standard InChI is InChI=1S/C17H18N4O5/c1-17(2,24)20-9-12-13(15(22)19(4)16(23)18(12)3)14(20)10-6-5-7-11(8-10)21(25)26/h5-9,24H,1-4H3. The number of nitro benzene ring substituents is 1. The maximum absolute atomic E-state index is 12.8. The predicted molar refractivity (Wildman–Crippen MR) is 96.1 cm³/mol. The fourth-order valence-corrected chi connectivity index (χ4v) is 3.02. The molecular weight excluding hydrogens is 340 g/mol. The third-order valence-corrected chi connectivity index (χ3v) is 4.36. The van der Waals surface area contributed by atoms with E-state index < -0.39 is 21.9 Å². The Morgan fingerprint density at radius 3 is 2.38 bits per heavy atom. The molecule has 0 spiro atoms. The van der Waals surface area contributed by atoms with E-state index in [2.05, 4.69) is 0 Å². The van der Waals surface area contributed by atoms with Gasteiger partial charge in [-0.3, -0.25) is 24.0 Å². The van der Waals surface area contributed by atoms with E-state index in [1.54, 1.807) is 6.07 Å². The Bertz CT molecular complexity index is 1160. The first-order valence-corrected chi connectivity index (χ1v) is 7.82. The number of aromatic nitrogens is 3. The number of fused-ring (bicyclic) bond motifs is 1. The lowest BCUT2D eigenvalue weighted by molar-refractivity contribution is -0.384. The fourth-order valence-electron chi connectivity index (χ4n) is 3.02. The van der Waals surface area contributed by atoms with E-state index in [4.69, 9.17) is 0 Å². The smallest absolute Gasteiger partial charge is 0.330 e. The molecule has 0 radical (unpaired) electrons. The zero-order chi connectivity index (χ0) is 19.4. The van der Waals surface area contributed by atoms with E-state index in [0.717, 1.165) is 4.57 Å². The van der Waals surface area contributed by atoms with Gasteiger partial charge in [-0.1, -0.05) is 12.1 Å². The second-order valence-corrected chi connectivity index (χ2v) is 6.62. The molecule has 0 fully saturated rings. The van der Waals surface area contributed by atoms with Crippen LogP contribution in [0.3, 0.4) is 0 Å². The van der Waals surface area contributed by atoms with Crippen LogP contribution in [0.15, 0.2) is 40.1 Å². The second-order valence-electron chi connectivity index (χ2n) is 6.62. The minimum Gasteiger partial charge on any atom is -0.371 e. The summed E-state index contributed by atoms with van der Waals surface area (Å²) in [5, 5.41) is 21.9. The predicted octanol–water partition coefficient (Wildman–Crippen LogP) is 1.30. The highest BCUT2D eigenvalue weighted by atomic mass is 16.6. The summed E-state index contributed by atoms with van der Waals surface area (Å²) in [5.74, 6) is 0. The van der Waals surface area contributed by atoms with Crippen LogP contribution in [-0.4, -0.2) is 23.7 Å². The summed E-state index contributed by atoms with van der Waals surface area (Å²) >= 11 is 0. The second kappa shape index (κ2) is 5.67. The first-order valence-electron chi connectivity index (χ1n) is 7.82. The molecule has 0 bridgehead atoms. The van der Waals surface area contributed by atoms with Crippen LogP contribution < -0.4 is 11.2 Å². The van der Waals surface area contributed by atoms with Crippen molar-refractivity contribution in [2.75, 3.05) is 0 Å². The molecule has 0 aliphatic rings. The van der Waals surface area contributed by atoms with Gasteiger partial charge in [0.1, 0.15) is 5.72 Å². The lowest BCUT2D eigenvalue weighted by atomic mass is 10.1. The van der Waals surface area contributed by atoms with Crippen LogP contribution in [0.4, 0.5) is 5.69 Å². The third kappa shape index (κ3) is 2.53. The highest BCUT2D eigenvalue weighted by Gasteiger charge is 2.26. The minimum atomic E-state index is -1.40. The highest BCUT2D eigenvalue weighted by Crippen LogP contribution is 2.33. The van der Waals surface area contributed by atoms with Gasteiger partial charge in [-0.2, -0.15) is 0 Å². The Hall–Kier alpha value is -3.20. The van der Waals surface area contributed by atoms with E-state index in [0.29, 0.717) is 16.8 Å². The van der Waals surface area contributed by atoms with Crippen LogP contribution in [0.5, 0.6) is 0 Å². The molecule has 1 N–H and O–H groups in total. The Morgan fingerprint density at radius 2 is 1.81 bits per heavy atom. The molecule has 2 aromatic heterocycles. The van der Waals surface area contributed by atoms with Gasteiger partial charge in [0.05, 0.1) is 21.5 Å². The van der Waals surface area contributed by atoms with Crippen molar-refractivity contribution in [2.45, 2.75) is 19.6 Å². The van der Waals surface area contributed by atoms with Gasteiger partial charge in [-0.15, -0.1) is 0 Å². The maximum atomic E-state index is 12.8. The molecule has 1 aromatic carbocycles. The van der Waals surface area contributed by atoms with Gasteiger partial charge in [0.15, 0.2) is 0 Å². The molecule has 3 rings (SSSR count). The summed E-state index contributed by atoms with van der Waals surface area (Å²) in [6.07, 6.45) is 1.51. The summed E-state index contributed by atoms with van der Waals surface area (Å²) in [6.45, 7) is 3.05. The van der Waals surface area contributed by atoms with Gasteiger partial charge in [0, 0.05) is 38.0 Å². The normalized spacial score (nSPS) is 11.9. The molecule has 9 heteroatoms. The molecule has 9 nitrogen and oxygen atoms in total. The fraction of sp³-hybridized carbons (Fsp3) is 0.294. The highest BCUT2D eigenvalue weighted by molar-refractivity contribution is 5.94. The van der Waals surface area contributed by atoms with Crippen molar-refractivity contribution in [2.24, 2.45) is 14.1 Å². The van der Waals surface area contributed by atoms with Gasteiger partial charge >= 0.3 is 5.69 Å². The monoisotopic (exact) mass is 358 g/mol. The van der Waals surface area contributed by atoms with Gasteiger partial charge in [-0.25, -0.2) is 4.79 Å². The summed E-state index contributed by atoms with van der Waals surface area (Å²) in [5.41, 5.74) is -1.53. The Labute approximate surface area is 147 Å². The van der Waals surface area contributed by atoms with E-state index in [1.807, 2.05) is 0 Å². The van der Waals surface area contributed by atoms with E-state index in [-0.39, 0.29) is 11.1 Å². The average molecular weight is 358 g/mol. The molecule has 0 aliphatic carbocycles. The number of aryl methyl sites for hydroxylation is 1. The number of nitrogens with zero attached hydrogens (tertiary/aromatic N) is 4. The number of benzene rings is 1. The molecule has 0 atom stereocenters. The molecule has 0 saturated carbocycles. The SMILES string of the molecule is Cn1c(=O)c2c(-c3cccc([N+](=O)[O-])c3)n(C(C)(C)O)cc2n(C)c1=O. The maximum Gasteiger partial charge on any atom is 0.330 e. The van der Waals surface area contributed by atoms with Crippen molar-refractivity contribution < 1.29 is 10.0 Å². The Morgan fingerprint density at radius 1 is 1.15 bits per heavy atom. The van der Waals surface area contributed by atoms with Gasteiger partial charge in [0.25, 0.3) is 11.2 Å².